The molecule has 0 heterocycles. The highest BCUT2D eigenvalue weighted by Crippen LogP contribution is 2.11. The Kier molecular flexibility index (Phi) is 35.6. The minimum atomic E-state index is -0.891. The van der Waals surface area contributed by atoms with Gasteiger partial charge in [-0.05, 0) is 83.5 Å². The molecular formula is C48H78NO7+. The van der Waals surface area contributed by atoms with Crippen LogP contribution in [-0.4, -0.2) is 80.6 Å². The van der Waals surface area contributed by atoms with Crippen molar-refractivity contribution in [3.05, 3.63) is 97.2 Å². The number of carbonyl (C=O) groups excluding carboxylic acids is 2. The van der Waals surface area contributed by atoms with Crippen molar-refractivity contribution in [2.45, 2.75) is 148 Å². The van der Waals surface area contributed by atoms with E-state index in [-0.39, 0.29) is 49.1 Å². The summed E-state index contributed by atoms with van der Waals surface area (Å²) in [6.45, 7) is 4.46. The van der Waals surface area contributed by atoms with E-state index in [0.717, 1.165) is 77.0 Å². The fourth-order valence-corrected chi connectivity index (χ4v) is 5.42. The van der Waals surface area contributed by atoms with Gasteiger partial charge in [-0.15, -0.1) is 0 Å². The maximum absolute atomic E-state index is 12.7. The summed E-state index contributed by atoms with van der Waals surface area (Å²) < 4.78 is 17.2. The van der Waals surface area contributed by atoms with Crippen LogP contribution in [0.2, 0.25) is 0 Å². The van der Waals surface area contributed by atoms with E-state index in [2.05, 4.69) is 111 Å². The summed E-state index contributed by atoms with van der Waals surface area (Å²) >= 11 is 0. The Morgan fingerprint density at radius 2 is 1.05 bits per heavy atom. The van der Waals surface area contributed by atoms with Crippen molar-refractivity contribution in [3.8, 4) is 0 Å². The van der Waals surface area contributed by atoms with E-state index in [1.54, 1.807) is 0 Å². The molecule has 0 bridgehead atoms. The number of hydrogen-bond donors (Lipinski definition) is 1. The number of unbranched alkanes of at least 4 members (excludes halogenated alkanes) is 7. The third kappa shape index (κ3) is 35.9. The lowest BCUT2D eigenvalue weighted by molar-refractivity contribution is -0.887. The van der Waals surface area contributed by atoms with Gasteiger partial charge in [-0.3, -0.25) is 9.59 Å². The lowest BCUT2D eigenvalue weighted by Crippen LogP contribution is -2.50. The maximum Gasteiger partial charge on any atom is 0.362 e. The van der Waals surface area contributed by atoms with Gasteiger partial charge in [-0.1, -0.05) is 130 Å². The van der Waals surface area contributed by atoms with Crippen LogP contribution in [0.15, 0.2) is 97.2 Å². The molecule has 0 amide bonds. The lowest BCUT2D eigenvalue weighted by atomic mass is 10.1. The van der Waals surface area contributed by atoms with Gasteiger partial charge in [-0.2, -0.15) is 0 Å². The lowest BCUT2D eigenvalue weighted by Gasteiger charge is -2.31. The molecule has 1 N–H and O–H groups in total. The molecule has 316 valence electrons. The van der Waals surface area contributed by atoms with Crippen LogP contribution in [0.4, 0.5) is 0 Å². The Morgan fingerprint density at radius 3 is 1.59 bits per heavy atom. The number of nitrogens with zero attached hydrogens (tertiary/aromatic N) is 1. The molecule has 2 atom stereocenters. The molecule has 2 unspecified atom stereocenters. The molecule has 0 saturated heterocycles. The number of allylic oxidation sites excluding steroid dienone is 16. The first-order valence-corrected chi connectivity index (χ1v) is 21.3. The number of rotatable bonds is 36. The molecule has 0 aromatic rings. The fourth-order valence-electron chi connectivity index (χ4n) is 5.42. The molecule has 0 spiro atoms. The highest BCUT2D eigenvalue weighted by Gasteiger charge is 2.31. The largest absolute Gasteiger partial charge is 0.477 e. The summed E-state index contributed by atoms with van der Waals surface area (Å²) in [6.07, 6.45) is 50.3. The van der Waals surface area contributed by atoms with E-state index < -0.39 is 18.1 Å². The predicted octanol–water partition coefficient (Wildman–Crippen LogP) is 11.5. The van der Waals surface area contributed by atoms with Crippen molar-refractivity contribution in [1.82, 2.24) is 0 Å². The summed E-state index contributed by atoms with van der Waals surface area (Å²) in [5.41, 5.74) is 0. The molecule has 8 heteroatoms. The molecule has 56 heavy (non-hydrogen) atoms. The summed E-state index contributed by atoms with van der Waals surface area (Å²) in [5.74, 6) is -1.58. The Bertz CT molecular complexity index is 1230. The second-order valence-corrected chi connectivity index (χ2v) is 14.9. The second-order valence-electron chi connectivity index (χ2n) is 14.9. The Balaban J connectivity index is 4.45. The van der Waals surface area contributed by atoms with Crippen LogP contribution < -0.4 is 0 Å². The molecule has 0 radical (unpaired) electrons. The average Bonchev–Trinajstić information content (AvgIpc) is 3.15. The van der Waals surface area contributed by atoms with E-state index in [0.29, 0.717) is 19.3 Å². The topological polar surface area (TPSA) is 99.1 Å². The van der Waals surface area contributed by atoms with Crippen molar-refractivity contribution < 1.29 is 38.2 Å². The first-order chi connectivity index (χ1) is 27.1. The van der Waals surface area contributed by atoms with Crippen molar-refractivity contribution >= 4 is 17.9 Å². The maximum atomic E-state index is 12.7. The minimum Gasteiger partial charge on any atom is -0.477 e. The van der Waals surface area contributed by atoms with Crippen LogP contribution in [0.25, 0.3) is 0 Å². The molecule has 0 fully saturated rings. The summed E-state index contributed by atoms with van der Waals surface area (Å²) in [5, 5.41) is 9.60. The number of carboxylic acids is 1. The first-order valence-electron chi connectivity index (χ1n) is 21.3. The normalized spacial score (nSPS) is 13.9. The standard InChI is InChI=1S/C48H77NO7/c1-6-8-10-12-14-16-18-19-20-21-22-23-24-25-26-27-29-30-32-34-36-38-46(50)55-43-44(42-54-41-40-45(48(52)53)49(3,4)5)56-47(51)39-37-35-33-31-28-17-15-13-11-9-7-2/h8,10,13-17,19-20,22-23,25-26,28-30,44-45H,6-7,9,11-12,18,21,24,27,31-43H2,1-5H3/p+1/b10-8+,15-13+,16-14+,20-19+,23-22+,26-25+,28-17+,30-29+. The van der Waals surface area contributed by atoms with Gasteiger partial charge in [0.15, 0.2) is 12.1 Å². The summed E-state index contributed by atoms with van der Waals surface area (Å²) in [6, 6.07) is -0.631. The van der Waals surface area contributed by atoms with Gasteiger partial charge in [0.25, 0.3) is 0 Å². The Hall–Kier alpha value is -3.75. The monoisotopic (exact) mass is 781 g/mol. The predicted molar refractivity (Wildman–Crippen MR) is 233 cm³/mol. The van der Waals surface area contributed by atoms with Crippen LogP contribution in [0.1, 0.15) is 136 Å². The van der Waals surface area contributed by atoms with Crippen molar-refractivity contribution in [3.63, 3.8) is 0 Å². The number of aliphatic carboxylic acids is 1. The molecule has 0 saturated carbocycles. The zero-order valence-corrected chi connectivity index (χ0v) is 35.8. The van der Waals surface area contributed by atoms with Gasteiger partial charge in [0, 0.05) is 19.3 Å². The molecular weight excluding hydrogens is 703 g/mol. The Labute approximate surface area is 341 Å². The number of esters is 2. The molecule has 0 aliphatic rings. The molecule has 0 rings (SSSR count). The van der Waals surface area contributed by atoms with E-state index >= 15 is 0 Å². The quantitative estimate of drug-likeness (QED) is 0.0222. The van der Waals surface area contributed by atoms with Gasteiger partial charge in [0.2, 0.25) is 0 Å². The second kappa shape index (κ2) is 38.1. The molecule has 0 aliphatic heterocycles. The SMILES string of the molecule is CC/C=C/C/C=C/C/C=C/C/C=C/C/C=C/C/C=C/CCCCC(=O)OCC(COCCC(C(=O)O)[N+](C)(C)C)OC(=O)CCCCC/C=C/C=C/CCCC. The van der Waals surface area contributed by atoms with E-state index in [4.69, 9.17) is 14.2 Å². The van der Waals surface area contributed by atoms with E-state index in [1.165, 1.54) is 12.8 Å². The summed E-state index contributed by atoms with van der Waals surface area (Å²) in [4.78, 5) is 36.9. The smallest absolute Gasteiger partial charge is 0.362 e. The van der Waals surface area contributed by atoms with Gasteiger partial charge in [-0.25, -0.2) is 4.79 Å². The molecule has 0 aliphatic carbocycles. The third-order valence-electron chi connectivity index (χ3n) is 8.75. The van der Waals surface area contributed by atoms with Crippen LogP contribution in [0.3, 0.4) is 0 Å². The van der Waals surface area contributed by atoms with Gasteiger partial charge < -0.3 is 23.8 Å². The number of quaternary nitrogens is 1. The minimum absolute atomic E-state index is 0.0295. The van der Waals surface area contributed by atoms with Crippen LogP contribution in [-0.2, 0) is 28.6 Å². The van der Waals surface area contributed by atoms with Crippen LogP contribution in [0, 0.1) is 0 Å². The van der Waals surface area contributed by atoms with Gasteiger partial charge in [0.05, 0.1) is 34.4 Å². The van der Waals surface area contributed by atoms with Gasteiger partial charge in [0.1, 0.15) is 6.61 Å². The zero-order chi connectivity index (χ0) is 41.4. The highest BCUT2D eigenvalue weighted by atomic mass is 16.6. The number of ether oxygens (including phenoxy) is 3. The zero-order valence-electron chi connectivity index (χ0n) is 35.8. The van der Waals surface area contributed by atoms with E-state index in [1.807, 2.05) is 21.1 Å². The highest BCUT2D eigenvalue weighted by molar-refractivity contribution is 5.72. The van der Waals surface area contributed by atoms with Crippen molar-refractivity contribution in [1.29, 1.82) is 0 Å². The number of carboxylic acid groups (broad SMARTS) is 1. The van der Waals surface area contributed by atoms with Gasteiger partial charge >= 0.3 is 17.9 Å². The third-order valence-corrected chi connectivity index (χ3v) is 8.75. The average molecular weight is 781 g/mol. The number of carbonyl (C=O) groups is 3. The van der Waals surface area contributed by atoms with E-state index in [9.17, 15) is 19.5 Å². The number of likely N-dealkylation sites (N-methyl/N-ethyl adjacent to an activating group) is 1. The first kappa shape index (κ1) is 52.2. The molecule has 0 aromatic heterocycles. The number of hydrogen-bond acceptors (Lipinski definition) is 6. The van der Waals surface area contributed by atoms with Crippen molar-refractivity contribution in [2.75, 3.05) is 41.0 Å². The van der Waals surface area contributed by atoms with Crippen molar-refractivity contribution in [2.24, 2.45) is 0 Å². The summed E-state index contributed by atoms with van der Waals surface area (Å²) in [7, 11) is 5.48. The fraction of sp³-hybridized carbons (Fsp3) is 0.604. The molecule has 8 nitrogen and oxygen atoms in total. The Morgan fingerprint density at radius 1 is 0.571 bits per heavy atom. The van der Waals surface area contributed by atoms with Crippen LogP contribution >= 0.6 is 0 Å². The molecule has 0 aromatic carbocycles. The van der Waals surface area contributed by atoms with Crippen LogP contribution in [0.5, 0.6) is 0 Å².